The predicted molar refractivity (Wildman–Crippen MR) is 112 cm³/mol. The Morgan fingerprint density at radius 2 is 1.96 bits per heavy atom. The minimum atomic E-state index is -0.0902. The van der Waals surface area contributed by atoms with Gasteiger partial charge in [0.05, 0.1) is 6.61 Å². The molecule has 0 aliphatic carbocycles. The minimum absolute atomic E-state index is 0.0860. The summed E-state index contributed by atoms with van der Waals surface area (Å²) in [5.41, 5.74) is 0.767. The Kier molecular flexibility index (Phi) is 7.05. The molecule has 27 heavy (non-hydrogen) atoms. The molecule has 1 amide bonds. The zero-order chi connectivity index (χ0) is 19.1. The van der Waals surface area contributed by atoms with Crippen LogP contribution in [0.5, 0.6) is 0 Å². The number of nitrogens with zero attached hydrogens (tertiary/aromatic N) is 1. The van der Waals surface area contributed by atoms with E-state index in [0.717, 1.165) is 44.6 Å². The molecule has 146 valence electrons. The lowest BCUT2D eigenvalue weighted by atomic mass is 9.69. The maximum Gasteiger partial charge on any atom is 0.227 e. The minimum Gasteiger partial charge on any atom is -0.384 e. The second-order valence-electron chi connectivity index (χ2n) is 7.54. The first-order chi connectivity index (χ1) is 13.1. The third-order valence-corrected chi connectivity index (χ3v) is 6.83. The fourth-order valence-corrected chi connectivity index (χ4v) is 4.68. The molecule has 5 heteroatoms. The van der Waals surface area contributed by atoms with Crippen molar-refractivity contribution in [3.8, 4) is 0 Å². The molecule has 1 aromatic heterocycles. The van der Waals surface area contributed by atoms with Crippen molar-refractivity contribution in [1.82, 2.24) is 4.90 Å². The Hall–Kier alpha value is -1.69. The van der Waals surface area contributed by atoms with Crippen LogP contribution in [0, 0.1) is 11.3 Å². The quantitative estimate of drug-likeness (QED) is 0.736. The van der Waals surface area contributed by atoms with Gasteiger partial charge in [-0.15, -0.1) is 11.3 Å². The molecular formula is C22H30N2O2S. The number of likely N-dealkylation sites (tertiary alicyclic amines) is 1. The van der Waals surface area contributed by atoms with Crippen molar-refractivity contribution >= 4 is 22.9 Å². The third-order valence-electron chi connectivity index (χ3n) is 5.89. The number of para-hydroxylation sites is 1. The van der Waals surface area contributed by atoms with Crippen molar-refractivity contribution in [1.29, 1.82) is 0 Å². The lowest BCUT2D eigenvalue weighted by Crippen LogP contribution is -2.49. The highest BCUT2D eigenvalue weighted by molar-refractivity contribution is 7.09. The molecule has 1 atom stereocenters. The van der Waals surface area contributed by atoms with Gasteiger partial charge >= 0.3 is 0 Å². The monoisotopic (exact) mass is 386 g/mol. The zero-order valence-electron chi connectivity index (χ0n) is 16.3. The topological polar surface area (TPSA) is 41.6 Å². The molecule has 3 rings (SSSR count). The van der Waals surface area contributed by atoms with Crippen LogP contribution < -0.4 is 5.32 Å². The number of rotatable bonds is 8. The number of hydrogen-bond donors (Lipinski definition) is 1. The SMILES string of the molecule is COCC1(C(C)C(=O)Nc2ccccc2)CCN(CCc2cccs2)CC1. The van der Waals surface area contributed by atoms with Crippen molar-refractivity contribution in [3.63, 3.8) is 0 Å². The van der Waals surface area contributed by atoms with Gasteiger partial charge in [0.2, 0.25) is 5.91 Å². The predicted octanol–water partition coefficient (Wildman–Crippen LogP) is 4.29. The van der Waals surface area contributed by atoms with Gasteiger partial charge in [0.1, 0.15) is 0 Å². The zero-order valence-corrected chi connectivity index (χ0v) is 17.1. The highest BCUT2D eigenvalue weighted by Gasteiger charge is 2.42. The second kappa shape index (κ2) is 9.49. The van der Waals surface area contributed by atoms with Gasteiger partial charge in [0.15, 0.2) is 0 Å². The molecule has 1 saturated heterocycles. The highest BCUT2D eigenvalue weighted by atomic mass is 32.1. The number of nitrogens with one attached hydrogen (secondary N) is 1. The first-order valence-corrected chi connectivity index (χ1v) is 10.6. The Bertz CT molecular complexity index is 694. The van der Waals surface area contributed by atoms with E-state index in [9.17, 15) is 4.79 Å². The molecule has 1 fully saturated rings. The van der Waals surface area contributed by atoms with E-state index in [2.05, 4.69) is 34.7 Å². The summed E-state index contributed by atoms with van der Waals surface area (Å²) in [6, 6.07) is 14.0. The summed E-state index contributed by atoms with van der Waals surface area (Å²) in [5, 5.41) is 5.21. The van der Waals surface area contributed by atoms with E-state index in [0.29, 0.717) is 6.61 Å². The van der Waals surface area contributed by atoms with E-state index < -0.39 is 0 Å². The maximum atomic E-state index is 12.9. The fraction of sp³-hybridized carbons (Fsp3) is 0.500. The second-order valence-corrected chi connectivity index (χ2v) is 8.58. The highest BCUT2D eigenvalue weighted by Crippen LogP contribution is 2.40. The number of benzene rings is 1. The van der Waals surface area contributed by atoms with Crippen LogP contribution in [0.15, 0.2) is 47.8 Å². The van der Waals surface area contributed by atoms with Gasteiger partial charge < -0.3 is 15.0 Å². The molecule has 4 nitrogen and oxygen atoms in total. The van der Waals surface area contributed by atoms with Crippen LogP contribution in [-0.4, -0.2) is 44.2 Å². The van der Waals surface area contributed by atoms with E-state index >= 15 is 0 Å². The maximum absolute atomic E-state index is 12.9. The van der Waals surface area contributed by atoms with E-state index in [1.165, 1.54) is 4.88 Å². The average Bonchev–Trinajstić information content (AvgIpc) is 3.21. The molecule has 1 aliphatic heterocycles. The van der Waals surface area contributed by atoms with Gasteiger partial charge in [-0.25, -0.2) is 0 Å². The van der Waals surface area contributed by atoms with Crippen molar-refractivity contribution in [2.24, 2.45) is 11.3 Å². The number of thiophene rings is 1. The molecule has 0 radical (unpaired) electrons. The number of ether oxygens (including phenoxy) is 1. The number of carbonyl (C=O) groups excluding carboxylic acids is 1. The first-order valence-electron chi connectivity index (χ1n) is 9.72. The van der Waals surface area contributed by atoms with Crippen molar-refractivity contribution in [3.05, 3.63) is 52.7 Å². The lowest BCUT2D eigenvalue weighted by Gasteiger charge is -2.44. The number of methoxy groups -OCH3 is 1. The standard InChI is InChI=1S/C22H30N2O2S/c1-18(21(25)23-19-7-4-3-5-8-19)22(17-26-2)11-14-24(15-12-22)13-10-20-9-6-16-27-20/h3-9,16,18H,10-15,17H2,1-2H3,(H,23,25). The van der Waals surface area contributed by atoms with Gasteiger partial charge in [-0.05, 0) is 55.9 Å². The molecule has 1 unspecified atom stereocenters. The Morgan fingerprint density at radius 1 is 1.22 bits per heavy atom. The van der Waals surface area contributed by atoms with Crippen LogP contribution in [0.1, 0.15) is 24.6 Å². The van der Waals surface area contributed by atoms with Crippen LogP contribution in [0.4, 0.5) is 5.69 Å². The van der Waals surface area contributed by atoms with Crippen LogP contribution in [0.25, 0.3) is 0 Å². The number of amides is 1. The number of piperidine rings is 1. The van der Waals surface area contributed by atoms with Gasteiger partial charge in [0, 0.05) is 35.6 Å². The smallest absolute Gasteiger partial charge is 0.227 e. The number of hydrogen-bond acceptors (Lipinski definition) is 4. The first kappa shape index (κ1) is 20.1. The van der Waals surface area contributed by atoms with Gasteiger partial charge in [0.25, 0.3) is 0 Å². The molecule has 1 N–H and O–H groups in total. The lowest BCUT2D eigenvalue weighted by molar-refractivity contribution is -0.127. The Morgan fingerprint density at radius 3 is 2.59 bits per heavy atom. The summed E-state index contributed by atoms with van der Waals surface area (Å²) < 4.78 is 5.56. The molecule has 0 bridgehead atoms. The summed E-state index contributed by atoms with van der Waals surface area (Å²) in [5.74, 6) is 0.00221. The number of anilines is 1. The van der Waals surface area contributed by atoms with E-state index in [4.69, 9.17) is 4.74 Å². The van der Waals surface area contributed by atoms with Crippen LogP contribution >= 0.6 is 11.3 Å². The molecular weight excluding hydrogens is 356 g/mol. The molecule has 1 aromatic carbocycles. The van der Waals surface area contributed by atoms with Crippen LogP contribution in [-0.2, 0) is 16.0 Å². The number of carbonyl (C=O) groups is 1. The summed E-state index contributed by atoms with van der Waals surface area (Å²) >= 11 is 1.83. The largest absolute Gasteiger partial charge is 0.384 e. The molecule has 2 heterocycles. The van der Waals surface area contributed by atoms with Crippen molar-refractivity contribution < 1.29 is 9.53 Å². The molecule has 0 spiro atoms. The Labute approximate surface area is 166 Å². The third kappa shape index (κ3) is 5.18. The molecule has 1 aliphatic rings. The van der Waals surface area contributed by atoms with Gasteiger partial charge in [-0.2, -0.15) is 0 Å². The summed E-state index contributed by atoms with van der Waals surface area (Å²) in [6.45, 7) is 5.83. The van der Waals surface area contributed by atoms with E-state index in [1.54, 1.807) is 7.11 Å². The molecule has 0 saturated carbocycles. The fourth-order valence-electron chi connectivity index (χ4n) is 3.99. The van der Waals surface area contributed by atoms with Crippen LogP contribution in [0.2, 0.25) is 0 Å². The summed E-state index contributed by atoms with van der Waals surface area (Å²) in [6.07, 6.45) is 3.10. The Balaban J connectivity index is 1.57. The van der Waals surface area contributed by atoms with Gasteiger partial charge in [-0.1, -0.05) is 31.2 Å². The molecule has 2 aromatic rings. The van der Waals surface area contributed by atoms with Crippen molar-refractivity contribution in [2.45, 2.75) is 26.2 Å². The average molecular weight is 387 g/mol. The van der Waals surface area contributed by atoms with E-state index in [-0.39, 0.29) is 17.2 Å². The van der Waals surface area contributed by atoms with Crippen molar-refractivity contribution in [2.75, 3.05) is 38.7 Å². The van der Waals surface area contributed by atoms with E-state index in [1.807, 2.05) is 41.7 Å². The normalized spacial score (nSPS) is 18.1. The van der Waals surface area contributed by atoms with Crippen LogP contribution in [0.3, 0.4) is 0 Å². The van der Waals surface area contributed by atoms with Gasteiger partial charge in [-0.3, -0.25) is 4.79 Å². The summed E-state index contributed by atoms with van der Waals surface area (Å²) in [4.78, 5) is 16.8. The summed E-state index contributed by atoms with van der Waals surface area (Å²) in [7, 11) is 1.74.